The molecule has 3 aliphatic carbocycles. The summed E-state index contributed by atoms with van der Waals surface area (Å²) < 4.78 is 14.7. The van der Waals surface area contributed by atoms with Crippen molar-refractivity contribution >= 4 is 23.3 Å². The maximum atomic E-state index is 13.1. The number of fused-ring (bicyclic) bond motifs is 2. The Hall–Kier alpha value is -3.54. The van der Waals surface area contributed by atoms with E-state index in [1.165, 1.54) is 22.3 Å². The average Bonchev–Trinajstić information content (AvgIpc) is 3.59. The van der Waals surface area contributed by atoms with E-state index in [-0.39, 0.29) is 12.2 Å². The molecule has 0 amide bonds. The van der Waals surface area contributed by atoms with Crippen LogP contribution in [0.25, 0.3) is 11.1 Å². The second kappa shape index (κ2) is 9.64. The van der Waals surface area contributed by atoms with Crippen LogP contribution < -0.4 is 0 Å². The van der Waals surface area contributed by atoms with Crippen molar-refractivity contribution in [2.75, 3.05) is 0 Å². The Morgan fingerprint density at radius 2 is 1.05 bits per heavy atom. The van der Waals surface area contributed by atoms with E-state index in [2.05, 4.69) is 12.2 Å². The molecule has 0 saturated heterocycles. The molecule has 200 valence electrons. The lowest BCUT2D eigenvalue weighted by Gasteiger charge is -2.23. The topological polar surface area (TPSA) is 62.5 Å². The molecule has 0 atom stereocenters. The van der Waals surface area contributed by atoms with Gasteiger partial charge in [-0.2, -0.15) is 0 Å². The fraction of sp³-hybridized carbons (Fsp3) is 0.438. The summed E-state index contributed by atoms with van der Waals surface area (Å²) in [6.45, 7) is 11.3. The first kappa shape index (κ1) is 26.1. The Labute approximate surface area is 225 Å². The van der Waals surface area contributed by atoms with Gasteiger partial charge in [0.15, 0.2) is 0 Å². The molecule has 2 fully saturated rings. The molecule has 2 aromatic heterocycles. The summed E-state index contributed by atoms with van der Waals surface area (Å²) in [5, 5.41) is 0. The molecule has 0 aromatic carbocycles. The average molecular weight is 515 g/mol. The van der Waals surface area contributed by atoms with Gasteiger partial charge in [0.1, 0.15) is 11.2 Å². The number of ether oxygens (including phenoxy) is 2. The minimum Gasteiger partial charge on any atom is -0.443 e. The van der Waals surface area contributed by atoms with E-state index >= 15 is 0 Å². The minimum absolute atomic E-state index is 0.368. The molecule has 0 aliphatic heterocycles. The number of hydrogen-bond acceptors (Lipinski definition) is 4. The van der Waals surface area contributed by atoms with Gasteiger partial charge in [-0.1, -0.05) is 0 Å². The van der Waals surface area contributed by atoms with Crippen LogP contribution in [0.5, 0.6) is 0 Å². The van der Waals surface area contributed by atoms with Gasteiger partial charge in [0.25, 0.3) is 0 Å². The van der Waals surface area contributed by atoms with Crippen molar-refractivity contribution in [3.05, 3.63) is 82.5 Å². The van der Waals surface area contributed by atoms with Gasteiger partial charge in [0.2, 0.25) is 0 Å². The fourth-order valence-corrected chi connectivity index (χ4v) is 5.59. The summed E-state index contributed by atoms with van der Waals surface area (Å²) in [7, 11) is 0. The molecular formula is C32H38N2O4. The number of aromatic nitrogens is 2. The second-order valence-electron chi connectivity index (χ2n) is 12.3. The standard InChI is InChI=1S/C32H38N2O4/c1-31(2,3)37-29(35)33-17-9-15-27(33)25-19-21-11-8-14-24(21)26(20-22-12-7-13-23(22)25)28-16-10-18-34(28)30(36)38-32(4,5)6/h9-10,15-20H,7-8,11-14H2,1-6H3/b21-19-,22-20-,25-19?,25-23+,26-20?,26-24+. The molecule has 2 saturated carbocycles. The Morgan fingerprint density at radius 3 is 1.42 bits per heavy atom. The van der Waals surface area contributed by atoms with Gasteiger partial charge in [0.05, 0.1) is 11.4 Å². The van der Waals surface area contributed by atoms with E-state index in [0.717, 1.165) is 61.1 Å². The third-order valence-electron chi connectivity index (χ3n) is 7.04. The maximum Gasteiger partial charge on any atom is 0.418 e. The summed E-state index contributed by atoms with van der Waals surface area (Å²) in [5.74, 6) is 0. The van der Waals surface area contributed by atoms with Crippen LogP contribution in [0.4, 0.5) is 9.59 Å². The van der Waals surface area contributed by atoms with Crippen molar-refractivity contribution < 1.29 is 19.1 Å². The summed E-state index contributed by atoms with van der Waals surface area (Å²) in [4.78, 5) is 26.2. The number of rotatable bonds is 2. The molecule has 0 radical (unpaired) electrons. The van der Waals surface area contributed by atoms with Crippen LogP contribution in [0.2, 0.25) is 0 Å². The SMILES string of the molecule is CC(C)(C)OC(=O)n1cccc1C1=C2\CCC\C2=C\C(c2cccn2C(=O)OC(C)(C)C)=C2\CCC\C2=C\1. The first-order chi connectivity index (χ1) is 17.9. The predicted octanol–water partition coefficient (Wildman–Crippen LogP) is 8.30. The first-order valence-electron chi connectivity index (χ1n) is 13.6. The molecule has 3 aliphatic rings. The van der Waals surface area contributed by atoms with E-state index in [1.807, 2.05) is 65.8 Å². The van der Waals surface area contributed by atoms with Crippen molar-refractivity contribution in [3.63, 3.8) is 0 Å². The zero-order chi connectivity index (χ0) is 27.2. The molecule has 2 aromatic rings. The summed E-state index contributed by atoms with van der Waals surface area (Å²) in [6.07, 6.45) is 13.3. The number of carbonyl (C=O) groups excluding carboxylic acids is 2. The number of nitrogens with zero attached hydrogens (tertiary/aromatic N) is 2. The van der Waals surface area contributed by atoms with E-state index in [4.69, 9.17) is 9.47 Å². The van der Waals surface area contributed by atoms with Gasteiger partial charge in [-0.05, 0) is 139 Å². The Balaban J connectivity index is 1.62. The number of carbonyl (C=O) groups is 2. The van der Waals surface area contributed by atoms with Gasteiger partial charge in [-0.3, -0.25) is 9.13 Å². The van der Waals surface area contributed by atoms with Crippen molar-refractivity contribution in [3.8, 4) is 0 Å². The normalized spacial score (nSPS) is 24.5. The summed E-state index contributed by atoms with van der Waals surface area (Å²) in [5.41, 5.74) is 7.82. The highest BCUT2D eigenvalue weighted by Gasteiger charge is 2.30. The van der Waals surface area contributed by atoms with Crippen LogP contribution in [0.15, 0.2) is 71.1 Å². The Morgan fingerprint density at radius 1 is 0.658 bits per heavy atom. The molecule has 6 heteroatoms. The quantitative estimate of drug-likeness (QED) is 0.404. The van der Waals surface area contributed by atoms with Gasteiger partial charge in [-0.15, -0.1) is 0 Å². The van der Waals surface area contributed by atoms with E-state index in [1.54, 1.807) is 21.5 Å². The lowest BCUT2D eigenvalue weighted by Crippen LogP contribution is -2.27. The highest BCUT2D eigenvalue weighted by molar-refractivity contribution is 5.91. The van der Waals surface area contributed by atoms with Crippen LogP contribution in [0.1, 0.15) is 91.5 Å². The third-order valence-corrected chi connectivity index (χ3v) is 7.04. The Bertz CT molecular complexity index is 1300. The molecule has 2 heterocycles. The Kier molecular flexibility index (Phi) is 6.62. The lowest BCUT2D eigenvalue weighted by atomic mass is 9.89. The van der Waals surface area contributed by atoms with Crippen molar-refractivity contribution in [1.29, 1.82) is 0 Å². The summed E-state index contributed by atoms with van der Waals surface area (Å²) in [6, 6.07) is 7.83. The van der Waals surface area contributed by atoms with Crippen LogP contribution in [0, 0.1) is 0 Å². The second-order valence-corrected chi connectivity index (χ2v) is 12.3. The first-order valence-corrected chi connectivity index (χ1v) is 13.6. The fourth-order valence-electron chi connectivity index (χ4n) is 5.59. The van der Waals surface area contributed by atoms with Crippen molar-refractivity contribution in [2.24, 2.45) is 0 Å². The van der Waals surface area contributed by atoms with Crippen molar-refractivity contribution in [2.45, 2.75) is 91.3 Å². The van der Waals surface area contributed by atoms with Crippen LogP contribution >= 0.6 is 0 Å². The molecule has 0 unspecified atom stereocenters. The van der Waals surface area contributed by atoms with Gasteiger partial charge < -0.3 is 9.47 Å². The largest absolute Gasteiger partial charge is 0.443 e. The monoisotopic (exact) mass is 514 g/mol. The molecule has 0 N–H and O–H groups in total. The van der Waals surface area contributed by atoms with Gasteiger partial charge in [-0.25, -0.2) is 9.59 Å². The molecule has 6 nitrogen and oxygen atoms in total. The molecule has 0 spiro atoms. The van der Waals surface area contributed by atoms with Crippen LogP contribution in [-0.2, 0) is 9.47 Å². The smallest absolute Gasteiger partial charge is 0.418 e. The van der Waals surface area contributed by atoms with E-state index in [9.17, 15) is 9.59 Å². The van der Waals surface area contributed by atoms with E-state index in [0.29, 0.717) is 0 Å². The summed E-state index contributed by atoms with van der Waals surface area (Å²) >= 11 is 0. The molecule has 0 bridgehead atoms. The molecule has 38 heavy (non-hydrogen) atoms. The van der Waals surface area contributed by atoms with Gasteiger partial charge >= 0.3 is 12.2 Å². The highest BCUT2D eigenvalue weighted by atomic mass is 16.6. The number of hydrogen-bond donors (Lipinski definition) is 0. The number of allylic oxidation sites excluding steroid dienone is 8. The molecule has 5 rings (SSSR count). The van der Waals surface area contributed by atoms with Crippen molar-refractivity contribution in [1.82, 2.24) is 9.13 Å². The van der Waals surface area contributed by atoms with Crippen LogP contribution in [-0.4, -0.2) is 32.5 Å². The zero-order valence-corrected chi connectivity index (χ0v) is 23.4. The highest BCUT2D eigenvalue weighted by Crippen LogP contribution is 2.46. The predicted molar refractivity (Wildman–Crippen MR) is 150 cm³/mol. The maximum absolute atomic E-state index is 13.1. The van der Waals surface area contributed by atoms with Crippen LogP contribution in [0.3, 0.4) is 0 Å². The van der Waals surface area contributed by atoms with Gasteiger partial charge in [0, 0.05) is 23.5 Å². The zero-order valence-electron chi connectivity index (χ0n) is 23.4. The minimum atomic E-state index is -0.576. The van der Waals surface area contributed by atoms with E-state index < -0.39 is 11.2 Å². The molecular weight excluding hydrogens is 476 g/mol. The lowest BCUT2D eigenvalue weighted by molar-refractivity contribution is 0.0525. The third kappa shape index (κ3) is 5.22.